The van der Waals surface area contributed by atoms with Crippen LogP contribution < -0.4 is 0 Å². The second-order valence-electron chi connectivity index (χ2n) is 3.11. The van der Waals surface area contributed by atoms with Crippen LogP contribution in [0.1, 0.15) is 39.6 Å². The highest BCUT2D eigenvalue weighted by atomic mass is 16.5. The summed E-state index contributed by atoms with van der Waals surface area (Å²) in [5, 5.41) is 8.89. The Balaban J connectivity index is 3.45. The Morgan fingerprint density at radius 3 is 2.62 bits per heavy atom. The summed E-state index contributed by atoms with van der Waals surface area (Å²) in [4.78, 5) is 23.1. The highest BCUT2D eigenvalue weighted by Crippen LogP contribution is 2.17. The van der Waals surface area contributed by atoms with Crippen molar-refractivity contribution in [3.8, 4) is 6.07 Å². The van der Waals surface area contributed by atoms with E-state index >= 15 is 0 Å². The molecule has 0 heterocycles. The summed E-state index contributed by atoms with van der Waals surface area (Å²) in [6.07, 6.45) is 0.239. The quantitative estimate of drug-likeness (QED) is 0.573. The van der Waals surface area contributed by atoms with E-state index in [9.17, 15) is 9.59 Å². The zero-order valence-corrected chi connectivity index (χ0v) is 9.11. The van der Waals surface area contributed by atoms with Crippen LogP contribution in [0.25, 0.3) is 0 Å². The molecule has 0 aliphatic carbocycles. The zero-order chi connectivity index (χ0) is 12.1. The molecule has 0 aromatic heterocycles. The summed E-state index contributed by atoms with van der Waals surface area (Å²) in [5.41, 5.74) is 0.502. The fourth-order valence-corrected chi connectivity index (χ4v) is 1.40. The van der Waals surface area contributed by atoms with Crippen LogP contribution in [0, 0.1) is 11.3 Å². The van der Waals surface area contributed by atoms with Gasteiger partial charge in [-0.1, -0.05) is 13.0 Å². The number of methoxy groups -OCH3 is 1. The van der Waals surface area contributed by atoms with E-state index < -0.39 is 5.97 Å². The third-order valence-corrected chi connectivity index (χ3v) is 2.19. The monoisotopic (exact) mass is 217 g/mol. The van der Waals surface area contributed by atoms with Gasteiger partial charge in [-0.05, 0) is 12.1 Å². The topological polar surface area (TPSA) is 67.2 Å². The number of hydrogen-bond acceptors (Lipinski definition) is 4. The van der Waals surface area contributed by atoms with Crippen molar-refractivity contribution in [2.75, 3.05) is 7.11 Å². The molecular weight excluding hydrogens is 206 g/mol. The first kappa shape index (κ1) is 11.9. The molecule has 0 atom stereocenters. The van der Waals surface area contributed by atoms with E-state index in [-0.39, 0.29) is 28.9 Å². The Kier molecular flexibility index (Phi) is 3.78. The van der Waals surface area contributed by atoms with Gasteiger partial charge in [-0.15, -0.1) is 0 Å². The fourth-order valence-electron chi connectivity index (χ4n) is 1.40. The van der Waals surface area contributed by atoms with Gasteiger partial charge in [0, 0.05) is 12.0 Å². The maximum absolute atomic E-state index is 11.7. The normalized spacial score (nSPS) is 9.31. The molecule has 0 spiro atoms. The van der Waals surface area contributed by atoms with Crippen LogP contribution in [0.2, 0.25) is 0 Å². The Morgan fingerprint density at radius 1 is 1.44 bits per heavy atom. The van der Waals surface area contributed by atoms with E-state index in [2.05, 4.69) is 4.74 Å². The SMILES string of the molecule is CCC(=O)c1c(C#N)cccc1C(=O)OC. The van der Waals surface area contributed by atoms with Crippen molar-refractivity contribution in [3.63, 3.8) is 0 Å². The second-order valence-corrected chi connectivity index (χ2v) is 3.11. The summed E-state index contributed by atoms with van der Waals surface area (Å²) in [6.45, 7) is 1.68. The molecule has 16 heavy (non-hydrogen) atoms. The third-order valence-electron chi connectivity index (χ3n) is 2.19. The lowest BCUT2D eigenvalue weighted by molar-refractivity contribution is 0.0597. The first-order chi connectivity index (χ1) is 7.65. The van der Waals surface area contributed by atoms with Crippen molar-refractivity contribution in [2.24, 2.45) is 0 Å². The molecular formula is C12H11NO3. The van der Waals surface area contributed by atoms with Crippen LogP contribution in [0.4, 0.5) is 0 Å². The van der Waals surface area contributed by atoms with E-state index in [4.69, 9.17) is 5.26 Å². The van der Waals surface area contributed by atoms with Gasteiger partial charge in [0.25, 0.3) is 0 Å². The van der Waals surface area contributed by atoms with Gasteiger partial charge in [0.05, 0.1) is 24.3 Å². The van der Waals surface area contributed by atoms with Crippen molar-refractivity contribution in [3.05, 3.63) is 34.9 Å². The van der Waals surface area contributed by atoms with E-state index in [1.54, 1.807) is 13.0 Å². The Morgan fingerprint density at radius 2 is 2.12 bits per heavy atom. The number of nitriles is 1. The molecule has 1 aromatic carbocycles. The molecule has 0 saturated heterocycles. The number of benzene rings is 1. The predicted molar refractivity (Wildman–Crippen MR) is 57.1 cm³/mol. The highest BCUT2D eigenvalue weighted by molar-refractivity contribution is 6.07. The standard InChI is InChI=1S/C12H11NO3/c1-3-10(14)11-8(7-13)5-4-6-9(11)12(15)16-2/h4-6H,3H2,1-2H3. The van der Waals surface area contributed by atoms with E-state index in [1.165, 1.54) is 19.2 Å². The molecule has 0 aliphatic rings. The van der Waals surface area contributed by atoms with Gasteiger partial charge in [0.2, 0.25) is 0 Å². The summed E-state index contributed by atoms with van der Waals surface area (Å²) in [6, 6.07) is 6.45. The maximum atomic E-state index is 11.7. The van der Waals surface area contributed by atoms with Gasteiger partial charge in [-0.2, -0.15) is 5.26 Å². The zero-order valence-electron chi connectivity index (χ0n) is 9.11. The van der Waals surface area contributed by atoms with Crippen LogP contribution in [0.5, 0.6) is 0 Å². The van der Waals surface area contributed by atoms with Gasteiger partial charge in [-0.3, -0.25) is 4.79 Å². The van der Waals surface area contributed by atoms with Gasteiger partial charge in [0.1, 0.15) is 0 Å². The summed E-state index contributed by atoms with van der Waals surface area (Å²) in [5.74, 6) is -0.841. The Hall–Kier alpha value is -2.15. The minimum Gasteiger partial charge on any atom is -0.465 e. The molecule has 0 aliphatic heterocycles. The van der Waals surface area contributed by atoms with E-state index in [0.717, 1.165) is 0 Å². The third kappa shape index (κ3) is 2.09. The summed E-state index contributed by atoms with van der Waals surface area (Å²) in [7, 11) is 1.24. The maximum Gasteiger partial charge on any atom is 0.338 e. The first-order valence-corrected chi connectivity index (χ1v) is 4.80. The number of Topliss-reactive ketones (excluding diaryl/α,β-unsaturated/α-hetero) is 1. The number of ketones is 1. The molecule has 1 rings (SSSR count). The molecule has 0 fully saturated rings. The van der Waals surface area contributed by atoms with Crippen molar-refractivity contribution in [1.82, 2.24) is 0 Å². The number of rotatable bonds is 3. The Bertz CT molecular complexity index is 472. The van der Waals surface area contributed by atoms with Crippen molar-refractivity contribution in [1.29, 1.82) is 5.26 Å². The van der Waals surface area contributed by atoms with Gasteiger partial charge < -0.3 is 4.74 Å². The van der Waals surface area contributed by atoms with E-state index in [1.807, 2.05) is 6.07 Å². The number of hydrogen-bond donors (Lipinski definition) is 0. The van der Waals surface area contributed by atoms with Crippen molar-refractivity contribution < 1.29 is 14.3 Å². The molecule has 1 aromatic rings. The fraction of sp³-hybridized carbons (Fsp3) is 0.250. The average molecular weight is 217 g/mol. The second kappa shape index (κ2) is 5.08. The molecule has 0 radical (unpaired) electrons. The predicted octanol–water partition coefficient (Wildman–Crippen LogP) is 1.94. The van der Waals surface area contributed by atoms with Gasteiger partial charge >= 0.3 is 5.97 Å². The number of carbonyl (C=O) groups is 2. The number of carbonyl (C=O) groups excluding carboxylic acids is 2. The van der Waals surface area contributed by atoms with Crippen LogP contribution in [-0.2, 0) is 4.74 Å². The van der Waals surface area contributed by atoms with Crippen LogP contribution in [-0.4, -0.2) is 18.9 Å². The minimum atomic E-state index is -0.603. The van der Waals surface area contributed by atoms with Crippen LogP contribution >= 0.6 is 0 Å². The molecule has 82 valence electrons. The number of ether oxygens (including phenoxy) is 1. The first-order valence-electron chi connectivity index (χ1n) is 4.80. The summed E-state index contributed by atoms with van der Waals surface area (Å²) < 4.78 is 4.57. The number of nitrogens with zero attached hydrogens (tertiary/aromatic N) is 1. The molecule has 0 bridgehead atoms. The average Bonchev–Trinajstić information content (AvgIpc) is 2.35. The van der Waals surface area contributed by atoms with E-state index in [0.29, 0.717) is 0 Å². The summed E-state index contributed by atoms with van der Waals surface area (Å²) >= 11 is 0. The molecule has 4 nitrogen and oxygen atoms in total. The molecule has 0 unspecified atom stereocenters. The highest BCUT2D eigenvalue weighted by Gasteiger charge is 2.19. The van der Waals surface area contributed by atoms with Crippen molar-refractivity contribution in [2.45, 2.75) is 13.3 Å². The largest absolute Gasteiger partial charge is 0.465 e. The molecule has 0 saturated carbocycles. The molecule has 4 heteroatoms. The lowest BCUT2D eigenvalue weighted by Gasteiger charge is -2.07. The lowest BCUT2D eigenvalue weighted by atomic mass is 9.97. The Labute approximate surface area is 93.5 Å². The van der Waals surface area contributed by atoms with Gasteiger partial charge in [0.15, 0.2) is 5.78 Å². The van der Waals surface area contributed by atoms with Gasteiger partial charge in [-0.25, -0.2) is 4.79 Å². The number of esters is 1. The minimum absolute atomic E-state index is 0.147. The lowest BCUT2D eigenvalue weighted by Crippen LogP contribution is -2.11. The van der Waals surface area contributed by atoms with Crippen LogP contribution in [0.3, 0.4) is 0 Å². The molecule has 0 N–H and O–H groups in total. The molecule has 0 amide bonds. The van der Waals surface area contributed by atoms with Crippen molar-refractivity contribution >= 4 is 11.8 Å². The smallest absolute Gasteiger partial charge is 0.338 e. The van der Waals surface area contributed by atoms with Crippen LogP contribution in [0.15, 0.2) is 18.2 Å².